The summed E-state index contributed by atoms with van der Waals surface area (Å²) in [5.74, 6) is 0.540. The molecule has 138 valence electrons. The molecule has 3 rings (SSSR count). The van der Waals surface area contributed by atoms with Gasteiger partial charge in [0, 0.05) is 30.4 Å². The minimum absolute atomic E-state index is 0.0274. The Labute approximate surface area is 154 Å². The molecule has 2 heterocycles. The van der Waals surface area contributed by atoms with Crippen molar-refractivity contribution in [3.63, 3.8) is 0 Å². The quantitative estimate of drug-likeness (QED) is 0.761. The zero-order valence-corrected chi connectivity index (χ0v) is 14.8. The molecule has 0 bridgehead atoms. The van der Waals surface area contributed by atoms with Crippen molar-refractivity contribution in [1.29, 1.82) is 0 Å². The van der Waals surface area contributed by atoms with Crippen molar-refractivity contribution in [2.75, 3.05) is 6.61 Å². The predicted octanol–water partition coefficient (Wildman–Crippen LogP) is 0.874. The first-order valence-electron chi connectivity index (χ1n) is 7.99. The van der Waals surface area contributed by atoms with Gasteiger partial charge in [-0.3, -0.25) is 14.3 Å². The molecule has 2 aromatic rings. The normalized spacial score (nSPS) is 22.2. The second-order valence-electron chi connectivity index (χ2n) is 5.89. The van der Waals surface area contributed by atoms with Crippen LogP contribution in [0.3, 0.4) is 0 Å². The summed E-state index contributed by atoms with van der Waals surface area (Å²) < 4.78 is 17.6. The molecule has 1 aliphatic rings. The van der Waals surface area contributed by atoms with Crippen LogP contribution in [-0.2, 0) is 9.47 Å². The minimum atomic E-state index is -0.848. The average molecular weight is 378 g/mol. The summed E-state index contributed by atoms with van der Waals surface area (Å²) in [6.07, 6.45) is -0.642. The molecule has 9 heteroatoms. The second-order valence-corrected chi connectivity index (χ2v) is 6.22. The van der Waals surface area contributed by atoms with Gasteiger partial charge < -0.3 is 19.3 Å². The lowest BCUT2D eigenvalue weighted by atomic mass is 10.2. The van der Waals surface area contributed by atoms with E-state index in [1.807, 2.05) is 6.07 Å². The maximum absolute atomic E-state index is 11.9. The van der Waals surface area contributed by atoms with Crippen LogP contribution in [0.25, 0.3) is 0 Å². The number of hydrogen-bond acceptors (Lipinski definition) is 7. The first kappa shape index (κ1) is 18.3. The van der Waals surface area contributed by atoms with Crippen LogP contribution in [-0.4, -0.2) is 38.7 Å². The maximum Gasteiger partial charge on any atom is 0.357 e. The van der Waals surface area contributed by atoms with Gasteiger partial charge in [0.05, 0.1) is 6.10 Å². The number of para-hydroxylation sites is 1. The highest BCUT2D eigenvalue weighted by atomic mass is 32.1. The third-order valence-electron chi connectivity index (χ3n) is 3.97. The van der Waals surface area contributed by atoms with Gasteiger partial charge in [-0.25, -0.2) is 4.79 Å². The fourth-order valence-electron chi connectivity index (χ4n) is 2.60. The van der Waals surface area contributed by atoms with Crippen LogP contribution in [0.4, 0.5) is 0 Å². The molecule has 2 N–H and O–H groups in total. The number of rotatable bonds is 4. The molecule has 0 radical (unpaired) electrons. The van der Waals surface area contributed by atoms with Gasteiger partial charge in [0.2, 0.25) is 0 Å². The summed E-state index contributed by atoms with van der Waals surface area (Å²) in [6, 6.07) is 8.92. The van der Waals surface area contributed by atoms with Crippen LogP contribution in [0.15, 0.2) is 46.1 Å². The van der Waals surface area contributed by atoms with Crippen LogP contribution >= 0.6 is 12.2 Å². The van der Waals surface area contributed by atoms with Crippen LogP contribution in [0, 0.1) is 6.92 Å². The fourth-order valence-corrected chi connectivity index (χ4v) is 2.76. The van der Waals surface area contributed by atoms with Gasteiger partial charge in [-0.2, -0.15) is 0 Å². The van der Waals surface area contributed by atoms with Gasteiger partial charge in [0.25, 0.3) is 5.56 Å². The predicted molar refractivity (Wildman–Crippen MR) is 96.2 cm³/mol. The van der Waals surface area contributed by atoms with Crippen LogP contribution < -0.4 is 16.0 Å². The van der Waals surface area contributed by atoms with Gasteiger partial charge >= 0.3 is 10.9 Å². The van der Waals surface area contributed by atoms with Crippen molar-refractivity contribution >= 4 is 17.5 Å². The molecule has 26 heavy (non-hydrogen) atoms. The molecule has 8 nitrogen and oxygen atoms in total. The number of aromatic nitrogens is 2. The third-order valence-corrected chi connectivity index (χ3v) is 4.17. The van der Waals surface area contributed by atoms with Gasteiger partial charge in [-0.1, -0.05) is 18.2 Å². The van der Waals surface area contributed by atoms with Gasteiger partial charge in [-0.05, 0) is 19.1 Å². The number of thiocarbonyl (C=S) groups is 1. The number of aromatic amines is 1. The fraction of sp³-hybridized carbons (Fsp3) is 0.353. The van der Waals surface area contributed by atoms with Crippen molar-refractivity contribution in [2.24, 2.45) is 0 Å². The van der Waals surface area contributed by atoms with E-state index < -0.39 is 29.7 Å². The van der Waals surface area contributed by atoms with Crippen molar-refractivity contribution in [1.82, 2.24) is 9.55 Å². The first-order chi connectivity index (χ1) is 12.4. The number of nitrogens with one attached hydrogen (secondary N) is 1. The van der Waals surface area contributed by atoms with E-state index >= 15 is 0 Å². The van der Waals surface area contributed by atoms with Crippen molar-refractivity contribution < 1.29 is 19.3 Å². The molecular formula is C17H18N2O6S. The second kappa shape index (κ2) is 7.81. The smallest absolute Gasteiger partial charge is 0.357 e. The van der Waals surface area contributed by atoms with Crippen molar-refractivity contribution in [3.05, 3.63) is 62.9 Å². The number of hydrogen-bond donors (Lipinski definition) is 2. The Kier molecular flexibility index (Phi) is 5.50. The number of ether oxygens (including phenoxy) is 3. The molecule has 0 unspecified atom stereocenters. The van der Waals surface area contributed by atoms with E-state index in [4.69, 9.17) is 26.4 Å². The van der Waals surface area contributed by atoms with E-state index in [9.17, 15) is 14.7 Å². The number of H-pyrrole nitrogens is 1. The number of nitrogens with zero attached hydrogens (tertiary/aromatic N) is 1. The van der Waals surface area contributed by atoms with E-state index in [1.54, 1.807) is 31.2 Å². The summed E-state index contributed by atoms with van der Waals surface area (Å²) in [7, 11) is 0. The lowest BCUT2D eigenvalue weighted by Gasteiger charge is -2.17. The van der Waals surface area contributed by atoms with E-state index in [0.717, 1.165) is 0 Å². The highest BCUT2D eigenvalue weighted by molar-refractivity contribution is 7.79. The molecule has 0 aliphatic carbocycles. The van der Waals surface area contributed by atoms with Gasteiger partial charge in [0.15, 0.2) is 0 Å². The SMILES string of the molecule is Cc1cn([C@H]2C[C@H](O)[C@@H](COC(=S)Oc3ccccc3)O2)c(=O)[nH]c1=O. The molecule has 3 atom stereocenters. The number of benzene rings is 1. The van der Waals surface area contributed by atoms with Crippen LogP contribution in [0.1, 0.15) is 18.2 Å². The zero-order valence-electron chi connectivity index (χ0n) is 14.0. The van der Waals surface area contributed by atoms with E-state index in [1.165, 1.54) is 10.8 Å². The van der Waals surface area contributed by atoms with Gasteiger partial charge in [0.1, 0.15) is 24.7 Å². The average Bonchev–Trinajstić information content (AvgIpc) is 2.98. The largest absolute Gasteiger partial charge is 0.454 e. The molecular weight excluding hydrogens is 360 g/mol. The van der Waals surface area contributed by atoms with E-state index in [2.05, 4.69) is 4.98 Å². The monoisotopic (exact) mass is 378 g/mol. The molecule has 1 saturated heterocycles. The zero-order chi connectivity index (χ0) is 18.7. The number of aliphatic hydroxyl groups is 1. The van der Waals surface area contributed by atoms with E-state index in [-0.39, 0.29) is 18.3 Å². The highest BCUT2D eigenvalue weighted by Gasteiger charge is 2.36. The molecule has 0 spiro atoms. The number of aryl methyl sites for hydroxylation is 1. The van der Waals surface area contributed by atoms with E-state index in [0.29, 0.717) is 11.3 Å². The Morgan fingerprint density at radius 1 is 1.38 bits per heavy atom. The topological polar surface area (TPSA) is 103 Å². The van der Waals surface area contributed by atoms with Crippen molar-refractivity contribution in [2.45, 2.75) is 31.8 Å². The summed E-state index contributed by atoms with van der Waals surface area (Å²) in [6.45, 7) is 1.56. The highest BCUT2D eigenvalue weighted by Crippen LogP contribution is 2.27. The van der Waals surface area contributed by atoms with Crippen LogP contribution in [0.5, 0.6) is 5.75 Å². The minimum Gasteiger partial charge on any atom is -0.454 e. The number of aliphatic hydroxyl groups excluding tert-OH is 1. The molecule has 1 aliphatic heterocycles. The standard InChI is InChI=1S/C17H18N2O6S/c1-10-8-19(16(22)18-15(10)21)14-7-12(20)13(25-14)9-23-17(26)24-11-5-3-2-4-6-11/h2-6,8,12-14,20H,7,9H2,1H3,(H,18,21,22)/t12-,13+,14+/m0/s1. The maximum atomic E-state index is 11.9. The summed E-state index contributed by atoms with van der Waals surface area (Å²) in [5, 5.41) is 10.1. The molecule has 1 aromatic carbocycles. The first-order valence-corrected chi connectivity index (χ1v) is 8.40. The summed E-state index contributed by atoms with van der Waals surface area (Å²) in [5.41, 5.74) is -0.671. The Morgan fingerprint density at radius 2 is 2.12 bits per heavy atom. The Morgan fingerprint density at radius 3 is 2.85 bits per heavy atom. The third kappa shape index (κ3) is 4.18. The Bertz CT molecular complexity index is 894. The molecule has 1 aromatic heterocycles. The lowest BCUT2D eigenvalue weighted by molar-refractivity contribution is -0.0454. The summed E-state index contributed by atoms with van der Waals surface area (Å²) in [4.78, 5) is 25.6. The molecule has 0 saturated carbocycles. The molecule has 0 amide bonds. The van der Waals surface area contributed by atoms with Crippen molar-refractivity contribution in [3.8, 4) is 5.75 Å². The Hall–Kier alpha value is -2.49. The molecule has 1 fully saturated rings. The Balaban J connectivity index is 1.59. The van der Waals surface area contributed by atoms with Crippen LogP contribution in [0.2, 0.25) is 0 Å². The lowest BCUT2D eigenvalue weighted by Crippen LogP contribution is -2.33. The summed E-state index contributed by atoms with van der Waals surface area (Å²) >= 11 is 5.01. The van der Waals surface area contributed by atoms with Gasteiger partial charge in [-0.15, -0.1) is 0 Å².